The molecule has 2 N–H and O–H groups in total. The van der Waals surface area contributed by atoms with E-state index in [9.17, 15) is 8.42 Å². The fourth-order valence-corrected chi connectivity index (χ4v) is 2.61. The predicted octanol–water partition coefficient (Wildman–Crippen LogP) is 0.937. The molecular weight excluding hydrogens is 186 g/mol. The zero-order valence-electron chi connectivity index (χ0n) is 8.36. The van der Waals surface area contributed by atoms with Gasteiger partial charge >= 0.3 is 0 Å². The van der Waals surface area contributed by atoms with Crippen LogP contribution in [-0.4, -0.2) is 25.5 Å². The Morgan fingerprint density at radius 2 is 2.00 bits per heavy atom. The molecule has 0 aromatic heterocycles. The third-order valence-corrected chi connectivity index (χ3v) is 5.21. The number of nitrogens with two attached hydrogens (primary N) is 1. The van der Waals surface area contributed by atoms with E-state index in [0.717, 1.165) is 19.3 Å². The fraction of sp³-hybridized carbons (Fsp3) is 1.00. The molecule has 0 spiro atoms. The summed E-state index contributed by atoms with van der Waals surface area (Å²) in [5.74, 6) is 0.761. The van der Waals surface area contributed by atoms with Crippen LogP contribution >= 0.6 is 0 Å². The zero-order chi connectivity index (χ0) is 10.1. The van der Waals surface area contributed by atoms with Crippen LogP contribution in [0.2, 0.25) is 0 Å². The Balaban J connectivity index is 2.34. The van der Waals surface area contributed by atoms with Gasteiger partial charge in [0.1, 0.15) is 0 Å². The van der Waals surface area contributed by atoms with E-state index in [2.05, 4.69) is 0 Å². The standard InChI is InChI=1S/C9H19NO2S/c1-7(2)13(11,12)6-5-8-3-4-9(8)10/h7-9H,3-6,10H2,1-2H3. The smallest absolute Gasteiger partial charge is 0.152 e. The summed E-state index contributed by atoms with van der Waals surface area (Å²) < 4.78 is 22.9. The highest BCUT2D eigenvalue weighted by Gasteiger charge is 2.29. The van der Waals surface area contributed by atoms with Crippen LogP contribution in [0, 0.1) is 5.92 Å². The topological polar surface area (TPSA) is 60.2 Å². The van der Waals surface area contributed by atoms with E-state index in [-0.39, 0.29) is 11.3 Å². The van der Waals surface area contributed by atoms with Gasteiger partial charge in [0.25, 0.3) is 0 Å². The minimum absolute atomic E-state index is 0.246. The van der Waals surface area contributed by atoms with Gasteiger partial charge in [-0.15, -0.1) is 0 Å². The SMILES string of the molecule is CC(C)S(=O)(=O)CCC1CCC1N. The highest BCUT2D eigenvalue weighted by molar-refractivity contribution is 7.91. The largest absolute Gasteiger partial charge is 0.327 e. The maximum atomic E-state index is 11.4. The number of rotatable bonds is 4. The van der Waals surface area contributed by atoms with Crippen LogP contribution in [-0.2, 0) is 9.84 Å². The molecule has 0 radical (unpaired) electrons. The number of hydrogen-bond donors (Lipinski definition) is 1. The molecule has 1 rings (SSSR count). The molecule has 0 aromatic rings. The molecule has 0 heterocycles. The normalized spacial score (nSPS) is 28.9. The molecule has 78 valence electrons. The van der Waals surface area contributed by atoms with Gasteiger partial charge < -0.3 is 5.73 Å². The summed E-state index contributed by atoms with van der Waals surface area (Å²) in [6.45, 7) is 3.46. The molecule has 2 atom stereocenters. The third kappa shape index (κ3) is 2.68. The maximum absolute atomic E-state index is 11.4. The average Bonchev–Trinajstić information content (AvgIpc) is 2.01. The monoisotopic (exact) mass is 205 g/mol. The van der Waals surface area contributed by atoms with Crippen LogP contribution in [0.25, 0.3) is 0 Å². The Bertz CT molecular complexity index is 259. The Labute approximate surface area is 80.6 Å². The van der Waals surface area contributed by atoms with Gasteiger partial charge in [0.15, 0.2) is 9.84 Å². The summed E-state index contributed by atoms with van der Waals surface area (Å²) in [6.07, 6.45) is 2.92. The van der Waals surface area contributed by atoms with E-state index in [0.29, 0.717) is 11.7 Å². The lowest BCUT2D eigenvalue weighted by Crippen LogP contribution is -2.40. The first-order valence-corrected chi connectivity index (χ1v) is 6.62. The fourth-order valence-electron chi connectivity index (χ4n) is 1.50. The molecule has 0 aliphatic heterocycles. The number of sulfone groups is 1. The van der Waals surface area contributed by atoms with E-state index in [1.165, 1.54) is 0 Å². The summed E-state index contributed by atoms with van der Waals surface area (Å²) in [7, 11) is -2.85. The second-order valence-electron chi connectivity index (χ2n) is 4.21. The molecule has 3 nitrogen and oxygen atoms in total. The zero-order valence-corrected chi connectivity index (χ0v) is 9.18. The first kappa shape index (κ1) is 11.0. The van der Waals surface area contributed by atoms with Crippen molar-refractivity contribution >= 4 is 9.84 Å². The van der Waals surface area contributed by atoms with Crippen molar-refractivity contribution in [2.24, 2.45) is 11.7 Å². The summed E-state index contributed by atoms with van der Waals surface area (Å²) >= 11 is 0. The van der Waals surface area contributed by atoms with E-state index in [1.807, 2.05) is 0 Å². The van der Waals surface area contributed by atoms with Gasteiger partial charge in [-0.2, -0.15) is 0 Å². The molecule has 0 bridgehead atoms. The van der Waals surface area contributed by atoms with E-state index in [1.54, 1.807) is 13.8 Å². The molecule has 1 fully saturated rings. The highest BCUT2D eigenvalue weighted by Crippen LogP contribution is 2.29. The summed E-state index contributed by atoms with van der Waals surface area (Å²) in [6, 6.07) is 0.252. The van der Waals surface area contributed by atoms with Gasteiger partial charge in [-0.05, 0) is 39.0 Å². The van der Waals surface area contributed by atoms with Crippen molar-refractivity contribution < 1.29 is 8.42 Å². The Morgan fingerprint density at radius 3 is 2.31 bits per heavy atom. The van der Waals surface area contributed by atoms with Gasteiger partial charge in [-0.1, -0.05) is 0 Å². The van der Waals surface area contributed by atoms with Crippen molar-refractivity contribution in [3.8, 4) is 0 Å². The molecule has 1 aliphatic rings. The molecule has 13 heavy (non-hydrogen) atoms. The van der Waals surface area contributed by atoms with Crippen LogP contribution in [0.1, 0.15) is 33.1 Å². The van der Waals surface area contributed by atoms with Crippen molar-refractivity contribution in [1.29, 1.82) is 0 Å². The van der Waals surface area contributed by atoms with Gasteiger partial charge in [0.05, 0.1) is 11.0 Å². The van der Waals surface area contributed by atoms with Crippen LogP contribution < -0.4 is 5.73 Å². The van der Waals surface area contributed by atoms with E-state index >= 15 is 0 Å². The van der Waals surface area contributed by atoms with Crippen molar-refractivity contribution in [2.45, 2.75) is 44.4 Å². The van der Waals surface area contributed by atoms with Crippen molar-refractivity contribution in [3.63, 3.8) is 0 Å². The van der Waals surface area contributed by atoms with Crippen LogP contribution in [0.4, 0.5) is 0 Å². The lowest BCUT2D eigenvalue weighted by atomic mass is 9.79. The highest BCUT2D eigenvalue weighted by atomic mass is 32.2. The van der Waals surface area contributed by atoms with Gasteiger partial charge in [-0.25, -0.2) is 8.42 Å². The molecule has 1 saturated carbocycles. The van der Waals surface area contributed by atoms with Crippen molar-refractivity contribution in [2.75, 3.05) is 5.75 Å². The second kappa shape index (κ2) is 3.96. The Hall–Kier alpha value is -0.0900. The van der Waals surface area contributed by atoms with Crippen LogP contribution in [0.15, 0.2) is 0 Å². The Morgan fingerprint density at radius 1 is 1.38 bits per heavy atom. The van der Waals surface area contributed by atoms with Crippen molar-refractivity contribution in [3.05, 3.63) is 0 Å². The molecule has 0 aromatic carbocycles. The maximum Gasteiger partial charge on any atom is 0.152 e. The first-order valence-electron chi connectivity index (χ1n) is 4.90. The lowest BCUT2D eigenvalue weighted by Gasteiger charge is -2.33. The van der Waals surface area contributed by atoms with Gasteiger partial charge in [0, 0.05) is 6.04 Å². The van der Waals surface area contributed by atoms with Gasteiger partial charge in [0.2, 0.25) is 0 Å². The predicted molar refractivity (Wildman–Crippen MR) is 54.2 cm³/mol. The van der Waals surface area contributed by atoms with Crippen molar-refractivity contribution in [1.82, 2.24) is 0 Å². The lowest BCUT2D eigenvalue weighted by molar-refractivity contribution is 0.250. The first-order chi connectivity index (χ1) is 5.93. The minimum atomic E-state index is -2.85. The molecule has 0 saturated heterocycles. The van der Waals surface area contributed by atoms with E-state index in [4.69, 9.17) is 5.73 Å². The quantitative estimate of drug-likeness (QED) is 0.743. The average molecular weight is 205 g/mol. The molecule has 2 unspecified atom stereocenters. The molecule has 1 aliphatic carbocycles. The summed E-state index contributed by atoms with van der Waals surface area (Å²) in [5.41, 5.74) is 5.73. The molecule has 4 heteroatoms. The van der Waals surface area contributed by atoms with Crippen LogP contribution in [0.3, 0.4) is 0 Å². The summed E-state index contributed by atoms with van der Waals surface area (Å²) in [4.78, 5) is 0. The second-order valence-corrected chi connectivity index (χ2v) is 6.88. The third-order valence-electron chi connectivity index (χ3n) is 2.97. The Kier molecular flexibility index (Phi) is 3.35. The minimum Gasteiger partial charge on any atom is -0.327 e. The molecular formula is C9H19NO2S. The van der Waals surface area contributed by atoms with E-state index < -0.39 is 9.84 Å². The van der Waals surface area contributed by atoms with Gasteiger partial charge in [-0.3, -0.25) is 0 Å². The summed E-state index contributed by atoms with van der Waals surface area (Å²) in [5, 5.41) is -0.246. The van der Waals surface area contributed by atoms with Crippen LogP contribution in [0.5, 0.6) is 0 Å². The number of hydrogen-bond acceptors (Lipinski definition) is 3. The molecule has 0 amide bonds.